The highest BCUT2D eigenvalue weighted by atomic mass is 35.5. The molecule has 0 fully saturated rings. The van der Waals surface area contributed by atoms with Crippen LogP contribution in [0.4, 0.5) is 4.79 Å². The van der Waals surface area contributed by atoms with E-state index in [0.717, 1.165) is 11.1 Å². The largest absolute Gasteiger partial charge is 0.508 e. The summed E-state index contributed by atoms with van der Waals surface area (Å²) in [7, 11) is 0. The number of carbonyl (C=O) groups excluding carboxylic acids is 2. The molecule has 0 aromatic heterocycles. The van der Waals surface area contributed by atoms with Gasteiger partial charge < -0.3 is 26.2 Å². The van der Waals surface area contributed by atoms with Gasteiger partial charge in [-0.05, 0) is 49.6 Å². The van der Waals surface area contributed by atoms with Crippen LogP contribution in [0.3, 0.4) is 0 Å². The van der Waals surface area contributed by atoms with Crippen molar-refractivity contribution in [3.05, 3.63) is 65.7 Å². The number of phenols is 1. The summed E-state index contributed by atoms with van der Waals surface area (Å²) in [5, 5.41) is 14.9. The van der Waals surface area contributed by atoms with E-state index in [9.17, 15) is 14.7 Å². The molecule has 2 amide bonds. The van der Waals surface area contributed by atoms with Gasteiger partial charge in [0.1, 0.15) is 18.4 Å². The zero-order valence-electron chi connectivity index (χ0n) is 16.3. The number of benzene rings is 2. The lowest BCUT2D eigenvalue weighted by atomic mass is 10.1. The summed E-state index contributed by atoms with van der Waals surface area (Å²) in [6, 6.07) is 14.9. The van der Waals surface area contributed by atoms with Crippen molar-refractivity contribution < 1.29 is 19.4 Å². The van der Waals surface area contributed by atoms with E-state index in [-0.39, 0.29) is 36.7 Å². The van der Waals surface area contributed by atoms with Gasteiger partial charge >= 0.3 is 6.09 Å². The third kappa shape index (κ3) is 8.41. The Labute approximate surface area is 177 Å². The number of amides is 2. The summed E-state index contributed by atoms with van der Waals surface area (Å²) < 4.78 is 5.20. The second-order valence-corrected chi connectivity index (χ2v) is 6.51. The number of hydrogen-bond donors (Lipinski definition) is 4. The molecule has 0 heterocycles. The summed E-state index contributed by atoms with van der Waals surface area (Å²) in [6.07, 6.45) is 0.341. The van der Waals surface area contributed by atoms with Gasteiger partial charge in [0.2, 0.25) is 5.91 Å². The maximum atomic E-state index is 12.6. The van der Waals surface area contributed by atoms with Crippen molar-refractivity contribution in [3.63, 3.8) is 0 Å². The molecule has 0 radical (unpaired) electrons. The molecule has 2 atom stereocenters. The standard InChI is InChI=1S/C21H27N3O4.ClH/c1-15(17-9-11-18(25)12-10-17)23-20(26)19(8-5-13-22)24-21(27)28-14-16-6-3-2-4-7-16;/h2-4,6-7,9-12,15,19,25H,5,8,13-14,22H2,1H3,(H,23,26)(H,24,27);1H/t15?,19-;/m1./s1. The van der Waals surface area contributed by atoms with E-state index >= 15 is 0 Å². The smallest absolute Gasteiger partial charge is 0.408 e. The van der Waals surface area contributed by atoms with E-state index in [1.807, 2.05) is 37.3 Å². The molecule has 158 valence electrons. The van der Waals surface area contributed by atoms with Gasteiger partial charge in [0.15, 0.2) is 0 Å². The highest BCUT2D eigenvalue weighted by molar-refractivity contribution is 5.86. The molecule has 0 aliphatic heterocycles. The zero-order valence-corrected chi connectivity index (χ0v) is 17.2. The maximum absolute atomic E-state index is 12.6. The third-order valence-corrected chi connectivity index (χ3v) is 4.27. The predicted octanol–water partition coefficient (Wildman–Crippen LogP) is 3.03. The van der Waals surface area contributed by atoms with Gasteiger partial charge in [-0.2, -0.15) is 0 Å². The lowest BCUT2D eigenvalue weighted by molar-refractivity contribution is -0.123. The average Bonchev–Trinajstić information content (AvgIpc) is 2.70. The lowest BCUT2D eigenvalue weighted by Crippen LogP contribution is -2.47. The van der Waals surface area contributed by atoms with Gasteiger partial charge in [0, 0.05) is 0 Å². The third-order valence-electron chi connectivity index (χ3n) is 4.27. The number of phenolic OH excluding ortho intramolecular Hbond substituents is 1. The molecule has 8 heteroatoms. The van der Waals surface area contributed by atoms with Gasteiger partial charge in [-0.25, -0.2) is 4.79 Å². The summed E-state index contributed by atoms with van der Waals surface area (Å²) in [6.45, 7) is 2.37. The Balaban J connectivity index is 0.00000420. The molecule has 0 spiro atoms. The number of nitrogens with two attached hydrogens (primary N) is 1. The van der Waals surface area contributed by atoms with Gasteiger partial charge in [-0.1, -0.05) is 42.5 Å². The molecule has 0 saturated carbocycles. The van der Waals surface area contributed by atoms with E-state index in [0.29, 0.717) is 19.4 Å². The quantitative estimate of drug-likeness (QED) is 0.497. The summed E-state index contributed by atoms with van der Waals surface area (Å²) in [5.74, 6) is -0.156. The highest BCUT2D eigenvalue weighted by Gasteiger charge is 2.22. The molecule has 1 unspecified atom stereocenters. The number of nitrogens with one attached hydrogen (secondary N) is 2. The van der Waals surface area contributed by atoms with Crippen molar-refractivity contribution in [2.45, 2.75) is 38.5 Å². The summed E-state index contributed by atoms with van der Waals surface area (Å²) >= 11 is 0. The molecular formula is C21H28ClN3O4. The maximum Gasteiger partial charge on any atom is 0.408 e. The molecule has 0 bridgehead atoms. The summed E-state index contributed by atoms with van der Waals surface area (Å²) in [5.41, 5.74) is 7.26. The number of aromatic hydroxyl groups is 1. The van der Waals surface area contributed by atoms with E-state index in [4.69, 9.17) is 10.5 Å². The Morgan fingerprint density at radius 3 is 2.34 bits per heavy atom. The Morgan fingerprint density at radius 2 is 1.72 bits per heavy atom. The Morgan fingerprint density at radius 1 is 1.07 bits per heavy atom. The van der Waals surface area contributed by atoms with Crippen molar-refractivity contribution in [2.24, 2.45) is 5.73 Å². The lowest BCUT2D eigenvalue weighted by Gasteiger charge is -2.21. The van der Waals surface area contributed by atoms with Crippen LogP contribution in [0.5, 0.6) is 5.75 Å². The van der Waals surface area contributed by atoms with E-state index in [1.165, 1.54) is 0 Å². The molecule has 2 aromatic rings. The monoisotopic (exact) mass is 421 g/mol. The van der Waals surface area contributed by atoms with Crippen molar-refractivity contribution in [1.29, 1.82) is 0 Å². The van der Waals surface area contributed by atoms with Crippen LogP contribution in [-0.4, -0.2) is 29.7 Å². The Bertz CT molecular complexity index is 756. The normalized spacial score (nSPS) is 12.2. The average molecular weight is 422 g/mol. The number of hydrogen-bond acceptors (Lipinski definition) is 5. The number of rotatable bonds is 9. The first-order valence-electron chi connectivity index (χ1n) is 9.26. The fourth-order valence-electron chi connectivity index (χ4n) is 2.66. The minimum absolute atomic E-state index is 0. The van der Waals surface area contributed by atoms with Crippen molar-refractivity contribution in [2.75, 3.05) is 6.54 Å². The molecule has 0 aliphatic rings. The number of carbonyl (C=O) groups is 2. The van der Waals surface area contributed by atoms with Gasteiger partial charge in [0.05, 0.1) is 6.04 Å². The Kier molecular flexibility index (Phi) is 10.6. The van der Waals surface area contributed by atoms with E-state index in [2.05, 4.69) is 10.6 Å². The SMILES string of the molecule is CC(NC(=O)[C@@H](CCCN)NC(=O)OCc1ccccc1)c1ccc(O)cc1.Cl. The number of halogens is 1. The van der Waals surface area contributed by atoms with Gasteiger partial charge in [-0.15, -0.1) is 12.4 Å². The molecule has 7 nitrogen and oxygen atoms in total. The van der Waals surface area contributed by atoms with Crippen molar-refractivity contribution in [1.82, 2.24) is 10.6 Å². The van der Waals surface area contributed by atoms with Crippen LogP contribution >= 0.6 is 12.4 Å². The van der Waals surface area contributed by atoms with Crippen LogP contribution in [0.25, 0.3) is 0 Å². The number of alkyl carbamates (subject to hydrolysis) is 1. The first-order valence-corrected chi connectivity index (χ1v) is 9.26. The van der Waals surface area contributed by atoms with E-state index in [1.54, 1.807) is 24.3 Å². The van der Waals surface area contributed by atoms with Crippen molar-refractivity contribution in [3.8, 4) is 5.75 Å². The van der Waals surface area contributed by atoms with Gasteiger partial charge in [-0.3, -0.25) is 4.79 Å². The van der Waals surface area contributed by atoms with Crippen LogP contribution in [0.2, 0.25) is 0 Å². The molecule has 2 aromatic carbocycles. The first kappa shape index (κ1) is 24.3. The molecule has 2 rings (SSSR count). The molecular weight excluding hydrogens is 394 g/mol. The van der Waals surface area contributed by atoms with Crippen molar-refractivity contribution >= 4 is 24.4 Å². The summed E-state index contributed by atoms with van der Waals surface area (Å²) in [4.78, 5) is 24.8. The second-order valence-electron chi connectivity index (χ2n) is 6.51. The highest BCUT2D eigenvalue weighted by Crippen LogP contribution is 2.16. The molecule has 0 aliphatic carbocycles. The minimum Gasteiger partial charge on any atom is -0.508 e. The topological polar surface area (TPSA) is 114 Å². The van der Waals surface area contributed by atoms with Crippen LogP contribution in [-0.2, 0) is 16.1 Å². The van der Waals surface area contributed by atoms with Gasteiger partial charge in [0.25, 0.3) is 0 Å². The molecule has 29 heavy (non-hydrogen) atoms. The minimum atomic E-state index is -0.744. The molecule has 0 saturated heterocycles. The molecule has 5 N–H and O–H groups in total. The van der Waals surface area contributed by atoms with Crippen LogP contribution < -0.4 is 16.4 Å². The number of ether oxygens (including phenoxy) is 1. The second kappa shape index (κ2) is 12.6. The fraction of sp³-hybridized carbons (Fsp3) is 0.333. The predicted molar refractivity (Wildman–Crippen MR) is 114 cm³/mol. The zero-order chi connectivity index (χ0) is 20.4. The Hall–Kier alpha value is -2.77. The van der Waals surface area contributed by atoms with Crippen LogP contribution in [0, 0.1) is 0 Å². The first-order chi connectivity index (χ1) is 13.5. The van der Waals surface area contributed by atoms with Crippen LogP contribution in [0.1, 0.15) is 36.9 Å². The van der Waals surface area contributed by atoms with Crippen LogP contribution in [0.15, 0.2) is 54.6 Å². The van der Waals surface area contributed by atoms with E-state index < -0.39 is 12.1 Å². The fourth-order valence-corrected chi connectivity index (χ4v) is 2.66.